The molecule has 2 aliphatic heterocycles. The van der Waals surface area contributed by atoms with Gasteiger partial charge in [-0.05, 0) is 51.5 Å². The Bertz CT molecular complexity index is 375. The van der Waals surface area contributed by atoms with Crippen molar-refractivity contribution < 1.29 is 9.59 Å². The molecule has 1 saturated carbocycles. The van der Waals surface area contributed by atoms with Gasteiger partial charge in [-0.3, -0.25) is 9.59 Å². The topological polar surface area (TPSA) is 61.4 Å². The smallest absolute Gasteiger partial charge is 0.243 e. The Morgan fingerprint density at radius 2 is 2.00 bits per heavy atom. The van der Waals surface area contributed by atoms with Gasteiger partial charge in [0.2, 0.25) is 11.8 Å². The second-order valence-corrected chi connectivity index (χ2v) is 6.36. The van der Waals surface area contributed by atoms with Gasteiger partial charge in [0.1, 0.15) is 6.04 Å². The zero-order valence-corrected chi connectivity index (χ0v) is 12.1. The average molecular weight is 279 g/mol. The zero-order chi connectivity index (χ0) is 13.9. The number of rotatable bonds is 5. The molecule has 0 aromatic rings. The third-order valence-corrected chi connectivity index (χ3v) is 4.67. The highest BCUT2D eigenvalue weighted by molar-refractivity contribution is 5.88. The fourth-order valence-corrected chi connectivity index (χ4v) is 3.31. The third kappa shape index (κ3) is 3.32. The highest BCUT2D eigenvalue weighted by Crippen LogP contribution is 2.23. The Hall–Kier alpha value is -1.10. The minimum atomic E-state index is -0.209. The lowest BCUT2D eigenvalue weighted by Crippen LogP contribution is -2.46. The number of amides is 2. The van der Waals surface area contributed by atoms with Crippen LogP contribution in [0.4, 0.5) is 0 Å². The molecule has 3 rings (SSSR count). The first-order valence-corrected chi connectivity index (χ1v) is 8.07. The summed E-state index contributed by atoms with van der Waals surface area (Å²) in [6, 6.07) is 0.669. The maximum atomic E-state index is 12.3. The van der Waals surface area contributed by atoms with E-state index in [1.165, 1.54) is 12.8 Å². The molecule has 20 heavy (non-hydrogen) atoms. The van der Waals surface area contributed by atoms with Crippen molar-refractivity contribution in [1.82, 2.24) is 15.5 Å². The number of nitrogens with zero attached hydrogens (tertiary/aromatic N) is 1. The van der Waals surface area contributed by atoms with Crippen molar-refractivity contribution in [3.05, 3.63) is 0 Å². The van der Waals surface area contributed by atoms with Crippen LogP contribution in [0.15, 0.2) is 0 Å². The van der Waals surface area contributed by atoms with E-state index in [-0.39, 0.29) is 17.9 Å². The summed E-state index contributed by atoms with van der Waals surface area (Å²) >= 11 is 0. The van der Waals surface area contributed by atoms with Crippen molar-refractivity contribution >= 4 is 11.8 Å². The largest absolute Gasteiger partial charge is 0.352 e. The van der Waals surface area contributed by atoms with E-state index >= 15 is 0 Å². The van der Waals surface area contributed by atoms with Crippen LogP contribution in [0.25, 0.3) is 0 Å². The molecule has 0 spiro atoms. The lowest BCUT2D eigenvalue weighted by Gasteiger charge is -2.24. The molecule has 3 fully saturated rings. The predicted molar refractivity (Wildman–Crippen MR) is 76.2 cm³/mol. The van der Waals surface area contributed by atoms with Crippen LogP contribution in [-0.2, 0) is 9.59 Å². The lowest BCUT2D eigenvalue weighted by atomic mass is 10.1. The SMILES string of the molecule is O=C(NC1CC1)C1CCCN1C(=O)CCC1CCCN1. The molecular weight excluding hydrogens is 254 g/mol. The second-order valence-electron chi connectivity index (χ2n) is 6.36. The van der Waals surface area contributed by atoms with Crippen LogP contribution in [-0.4, -0.2) is 47.9 Å². The fourth-order valence-electron chi connectivity index (χ4n) is 3.31. The van der Waals surface area contributed by atoms with Gasteiger partial charge in [0, 0.05) is 25.0 Å². The number of nitrogens with one attached hydrogen (secondary N) is 2. The van der Waals surface area contributed by atoms with Crippen LogP contribution in [0.1, 0.15) is 51.4 Å². The second kappa shape index (κ2) is 6.12. The normalized spacial score (nSPS) is 29.7. The highest BCUT2D eigenvalue weighted by Gasteiger charge is 2.36. The first-order valence-electron chi connectivity index (χ1n) is 8.07. The standard InChI is InChI=1S/C15H25N3O2/c19-14(8-7-11-3-1-9-16-11)18-10-2-4-13(18)15(20)17-12-5-6-12/h11-13,16H,1-10H2,(H,17,20). The number of carbonyl (C=O) groups excluding carboxylic acids is 2. The molecule has 5 nitrogen and oxygen atoms in total. The van der Waals surface area contributed by atoms with Crippen molar-refractivity contribution in [2.75, 3.05) is 13.1 Å². The van der Waals surface area contributed by atoms with Crippen LogP contribution in [0.3, 0.4) is 0 Å². The van der Waals surface area contributed by atoms with E-state index in [4.69, 9.17) is 0 Å². The first kappa shape index (κ1) is 13.9. The van der Waals surface area contributed by atoms with Gasteiger partial charge in [0.15, 0.2) is 0 Å². The summed E-state index contributed by atoms with van der Waals surface area (Å²) in [4.78, 5) is 26.3. The fraction of sp³-hybridized carbons (Fsp3) is 0.867. The molecule has 2 atom stereocenters. The molecule has 0 aromatic heterocycles. The van der Waals surface area contributed by atoms with E-state index < -0.39 is 0 Å². The van der Waals surface area contributed by atoms with Gasteiger partial charge in [-0.1, -0.05) is 0 Å². The summed E-state index contributed by atoms with van der Waals surface area (Å²) in [5, 5.41) is 6.45. The summed E-state index contributed by atoms with van der Waals surface area (Å²) < 4.78 is 0. The Morgan fingerprint density at radius 1 is 1.15 bits per heavy atom. The summed E-state index contributed by atoms with van der Waals surface area (Å²) in [6.45, 7) is 1.83. The number of hydrogen-bond acceptors (Lipinski definition) is 3. The van der Waals surface area contributed by atoms with E-state index in [9.17, 15) is 9.59 Å². The Balaban J connectivity index is 1.48. The van der Waals surface area contributed by atoms with Crippen molar-refractivity contribution in [2.45, 2.75) is 69.5 Å². The molecular formula is C15H25N3O2. The zero-order valence-electron chi connectivity index (χ0n) is 12.1. The van der Waals surface area contributed by atoms with Crippen LogP contribution in [0.5, 0.6) is 0 Å². The molecule has 2 N–H and O–H groups in total. The third-order valence-electron chi connectivity index (χ3n) is 4.67. The minimum absolute atomic E-state index is 0.0670. The Kier molecular flexibility index (Phi) is 4.24. The summed E-state index contributed by atoms with van der Waals surface area (Å²) in [7, 11) is 0. The molecule has 2 unspecified atom stereocenters. The van der Waals surface area contributed by atoms with Crippen LogP contribution in [0, 0.1) is 0 Å². The van der Waals surface area contributed by atoms with E-state index in [1.807, 2.05) is 4.90 Å². The number of carbonyl (C=O) groups is 2. The van der Waals surface area contributed by atoms with Crippen LogP contribution < -0.4 is 10.6 Å². The maximum Gasteiger partial charge on any atom is 0.243 e. The number of hydrogen-bond donors (Lipinski definition) is 2. The van der Waals surface area contributed by atoms with E-state index in [1.54, 1.807) is 0 Å². The van der Waals surface area contributed by atoms with Crippen molar-refractivity contribution in [1.29, 1.82) is 0 Å². The summed E-state index contributed by atoms with van der Waals surface area (Å²) in [5.74, 6) is 0.226. The lowest BCUT2D eigenvalue weighted by molar-refractivity contribution is -0.138. The molecule has 2 saturated heterocycles. The molecule has 5 heteroatoms. The first-order chi connectivity index (χ1) is 9.74. The number of likely N-dealkylation sites (tertiary alicyclic amines) is 1. The molecule has 2 amide bonds. The molecule has 3 aliphatic rings. The van der Waals surface area contributed by atoms with E-state index in [0.717, 1.165) is 45.2 Å². The maximum absolute atomic E-state index is 12.3. The molecule has 1 aliphatic carbocycles. The van der Waals surface area contributed by atoms with Gasteiger partial charge in [0.05, 0.1) is 0 Å². The van der Waals surface area contributed by atoms with Crippen molar-refractivity contribution in [2.24, 2.45) is 0 Å². The van der Waals surface area contributed by atoms with Crippen LogP contribution in [0.2, 0.25) is 0 Å². The molecule has 0 bridgehead atoms. The average Bonchev–Trinajstić information content (AvgIpc) is 2.98. The van der Waals surface area contributed by atoms with Gasteiger partial charge >= 0.3 is 0 Å². The Morgan fingerprint density at radius 3 is 2.70 bits per heavy atom. The monoisotopic (exact) mass is 279 g/mol. The Labute approximate surface area is 120 Å². The highest BCUT2D eigenvalue weighted by atomic mass is 16.2. The van der Waals surface area contributed by atoms with Crippen molar-refractivity contribution in [3.63, 3.8) is 0 Å². The molecule has 2 heterocycles. The molecule has 0 radical (unpaired) electrons. The van der Waals surface area contributed by atoms with Gasteiger partial charge in [-0.2, -0.15) is 0 Å². The van der Waals surface area contributed by atoms with Gasteiger partial charge in [-0.15, -0.1) is 0 Å². The van der Waals surface area contributed by atoms with Gasteiger partial charge in [-0.25, -0.2) is 0 Å². The van der Waals surface area contributed by atoms with E-state index in [0.29, 0.717) is 18.5 Å². The van der Waals surface area contributed by atoms with Gasteiger partial charge < -0.3 is 15.5 Å². The quantitative estimate of drug-likeness (QED) is 0.782. The van der Waals surface area contributed by atoms with Crippen LogP contribution >= 0.6 is 0 Å². The summed E-state index contributed by atoms with van der Waals surface area (Å²) in [5.41, 5.74) is 0. The molecule has 112 valence electrons. The van der Waals surface area contributed by atoms with Crippen molar-refractivity contribution in [3.8, 4) is 0 Å². The summed E-state index contributed by atoms with van der Waals surface area (Å²) in [6.07, 6.45) is 7.85. The molecule has 0 aromatic carbocycles. The minimum Gasteiger partial charge on any atom is -0.352 e. The predicted octanol–water partition coefficient (Wildman–Crippen LogP) is 0.788. The van der Waals surface area contributed by atoms with Gasteiger partial charge in [0.25, 0.3) is 0 Å². The van der Waals surface area contributed by atoms with E-state index in [2.05, 4.69) is 10.6 Å².